The van der Waals surface area contributed by atoms with Gasteiger partial charge in [-0.05, 0) is 50.9 Å². The van der Waals surface area contributed by atoms with E-state index in [2.05, 4.69) is 17.6 Å². The molecule has 4 nitrogen and oxygen atoms in total. The van der Waals surface area contributed by atoms with E-state index in [0.29, 0.717) is 16.6 Å². The zero-order chi connectivity index (χ0) is 15.2. The maximum Gasteiger partial charge on any atom is 0.248 e. The van der Waals surface area contributed by atoms with Gasteiger partial charge in [-0.15, -0.1) is 0 Å². The molecule has 1 aromatic rings. The molecule has 0 bridgehead atoms. The standard InChI is InChI=1S/C16H24ClN3O/c1-11(9-13-5-3-2-4-8-19-13)20-15-10-12(16(18)21)6-7-14(15)17/h6-7,10-11,13,19-20H,2-5,8-9H2,1H3,(H2,18,21). The first kappa shape index (κ1) is 16.1. The Labute approximate surface area is 131 Å². The van der Waals surface area contributed by atoms with Crippen molar-refractivity contribution in [2.75, 3.05) is 11.9 Å². The van der Waals surface area contributed by atoms with E-state index in [1.54, 1.807) is 18.2 Å². The van der Waals surface area contributed by atoms with E-state index in [0.717, 1.165) is 18.7 Å². The molecule has 1 aliphatic rings. The van der Waals surface area contributed by atoms with E-state index < -0.39 is 5.91 Å². The fraction of sp³-hybridized carbons (Fsp3) is 0.562. The molecule has 0 aromatic heterocycles. The molecule has 1 fully saturated rings. The number of nitrogens with two attached hydrogens (primary N) is 1. The van der Waals surface area contributed by atoms with Crippen LogP contribution in [-0.2, 0) is 0 Å². The summed E-state index contributed by atoms with van der Waals surface area (Å²) >= 11 is 6.18. The number of halogens is 1. The third-order valence-electron chi connectivity index (χ3n) is 3.95. The number of carbonyl (C=O) groups excluding carboxylic acids is 1. The number of anilines is 1. The smallest absolute Gasteiger partial charge is 0.248 e. The van der Waals surface area contributed by atoms with Gasteiger partial charge in [0.2, 0.25) is 5.91 Å². The second-order valence-corrected chi connectivity index (χ2v) is 6.25. The first-order valence-corrected chi connectivity index (χ1v) is 8.03. The number of benzene rings is 1. The molecule has 2 rings (SSSR count). The molecule has 0 aliphatic carbocycles. The summed E-state index contributed by atoms with van der Waals surface area (Å²) in [5.74, 6) is -0.437. The number of nitrogens with one attached hydrogen (secondary N) is 2. The van der Waals surface area contributed by atoms with Crippen molar-refractivity contribution in [2.24, 2.45) is 5.73 Å². The minimum atomic E-state index is -0.437. The molecule has 2 atom stereocenters. The predicted molar refractivity (Wildman–Crippen MR) is 87.9 cm³/mol. The molecule has 1 aliphatic heterocycles. The number of hydrogen-bond acceptors (Lipinski definition) is 3. The quantitative estimate of drug-likeness (QED) is 0.782. The minimum absolute atomic E-state index is 0.279. The van der Waals surface area contributed by atoms with Crippen molar-refractivity contribution in [3.05, 3.63) is 28.8 Å². The van der Waals surface area contributed by atoms with E-state index in [9.17, 15) is 4.79 Å². The molecule has 5 heteroatoms. The molecular formula is C16H24ClN3O. The van der Waals surface area contributed by atoms with Gasteiger partial charge in [-0.3, -0.25) is 4.79 Å². The Balaban J connectivity index is 1.96. The van der Waals surface area contributed by atoms with Gasteiger partial charge >= 0.3 is 0 Å². The van der Waals surface area contributed by atoms with Gasteiger partial charge in [0.15, 0.2) is 0 Å². The Bertz CT molecular complexity index is 484. The highest BCUT2D eigenvalue weighted by Crippen LogP contribution is 2.25. The van der Waals surface area contributed by atoms with Gasteiger partial charge in [0.25, 0.3) is 0 Å². The van der Waals surface area contributed by atoms with Crippen molar-refractivity contribution in [3.8, 4) is 0 Å². The zero-order valence-electron chi connectivity index (χ0n) is 12.5. The summed E-state index contributed by atoms with van der Waals surface area (Å²) in [6, 6.07) is 5.91. The van der Waals surface area contributed by atoms with Crippen LogP contribution in [0, 0.1) is 0 Å². The van der Waals surface area contributed by atoms with E-state index in [-0.39, 0.29) is 6.04 Å². The number of carbonyl (C=O) groups is 1. The highest BCUT2D eigenvalue weighted by atomic mass is 35.5. The summed E-state index contributed by atoms with van der Waals surface area (Å²) in [5.41, 5.74) is 6.56. The number of primary amides is 1. The molecule has 116 valence electrons. The average molecular weight is 310 g/mol. The summed E-state index contributed by atoms with van der Waals surface area (Å²) in [6.07, 6.45) is 6.14. The van der Waals surface area contributed by atoms with Crippen molar-refractivity contribution >= 4 is 23.2 Å². The van der Waals surface area contributed by atoms with Crippen LogP contribution >= 0.6 is 11.6 Å². The molecule has 1 aromatic carbocycles. The Morgan fingerprint density at radius 1 is 1.48 bits per heavy atom. The minimum Gasteiger partial charge on any atom is -0.381 e. The maximum atomic E-state index is 11.2. The lowest BCUT2D eigenvalue weighted by molar-refractivity contribution is 0.100. The fourth-order valence-electron chi connectivity index (χ4n) is 2.84. The van der Waals surface area contributed by atoms with E-state index in [4.69, 9.17) is 17.3 Å². The first-order valence-electron chi connectivity index (χ1n) is 7.65. The van der Waals surface area contributed by atoms with Crippen molar-refractivity contribution in [2.45, 2.75) is 51.1 Å². The zero-order valence-corrected chi connectivity index (χ0v) is 13.2. The molecule has 0 spiro atoms. The van der Waals surface area contributed by atoms with Crippen molar-refractivity contribution in [1.29, 1.82) is 0 Å². The second-order valence-electron chi connectivity index (χ2n) is 5.84. The molecule has 4 N–H and O–H groups in total. The first-order chi connectivity index (χ1) is 10.1. The van der Waals surface area contributed by atoms with Gasteiger partial charge in [0, 0.05) is 17.6 Å². The highest BCUT2D eigenvalue weighted by Gasteiger charge is 2.16. The Kier molecular flexibility index (Phi) is 5.88. The van der Waals surface area contributed by atoms with Crippen molar-refractivity contribution in [1.82, 2.24) is 5.32 Å². The second kappa shape index (κ2) is 7.66. The van der Waals surface area contributed by atoms with E-state index in [1.807, 2.05) is 0 Å². The number of hydrogen-bond donors (Lipinski definition) is 3. The Hall–Kier alpha value is -1.26. The molecule has 0 saturated carbocycles. The predicted octanol–water partition coefficient (Wildman–Crippen LogP) is 3.16. The SMILES string of the molecule is CC(CC1CCCCCN1)Nc1cc(C(N)=O)ccc1Cl. The van der Waals surface area contributed by atoms with Gasteiger partial charge in [0.05, 0.1) is 10.7 Å². The van der Waals surface area contributed by atoms with Crippen LogP contribution in [0.1, 0.15) is 49.4 Å². The Morgan fingerprint density at radius 3 is 3.05 bits per heavy atom. The molecular weight excluding hydrogens is 286 g/mol. The molecule has 1 heterocycles. The number of amides is 1. The average Bonchev–Trinajstić information content (AvgIpc) is 2.69. The molecule has 1 saturated heterocycles. The Morgan fingerprint density at radius 2 is 2.29 bits per heavy atom. The highest BCUT2D eigenvalue weighted by molar-refractivity contribution is 6.33. The van der Waals surface area contributed by atoms with E-state index in [1.165, 1.54) is 25.7 Å². The summed E-state index contributed by atoms with van der Waals surface area (Å²) in [4.78, 5) is 11.2. The monoisotopic (exact) mass is 309 g/mol. The summed E-state index contributed by atoms with van der Waals surface area (Å²) in [7, 11) is 0. The lowest BCUT2D eigenvalue weighted by Gasteiger charge is -2.23. The van der Waals surface area contributed by atoms with Crippen LogP contribution in [-0.4, -0.2) is 24.5 Å². The van der Waals surface area contributed by atoms with Crippen LogP contribution in [0.25, 0.3) is 0 Å². The van der Waals surface area contributed by atoms with Gasteiger partial charge < -0.3 is 16.4 Å². The largest absolute Gasteiger partial charge is 0.381 e. The lowest BCUT2D eigenvalue weighted by atomic mass is 10.0. The van der Waals surface area contributed by atoms with Gasteiger partial charge in [-0.1, -0.05) is 24.4 Å². The van der Waals surface area contributed by atoms with Gasteiger partial charge in [-0.2, -0.15) is 0 Å². The summed E-state index contributed by atoms with van der Waals surface area (Å²) in [6.45, 7) is 3.25. The van der Waals surface area contributed by atoms with Gasteiger partial charge in [0.1, 0.15) is 0 Å². The van der Waals surface area contributed by atoms with Crippen molar-refractivity contribution < 1.29 is 4.79 Å². The van der Waals surface area contributed by atoms with Crippen LogP contribution < -0.4 is 16.4 Å². The topological polar surface area (TPSA) is 67.2 Å². The molecule has 1 amide bonds. The molecule has 0 radical (unpaired) electrons. The van der Waals surface area contributed by atoms with Crippen LogP contribution in [0.5, 0.6) is 0 Å². The third kappa shape index (κ3) is 4.90. The molecule has 2 unspecified atom stereocenters. The molecule has 21 heavy (non-hydrogen) atoms. The fourth-order valence-corrected chi connectivity index (χ4v) is 3.01. The van der Waals surface area contributed by atoms with Crippen molar-refractivity contribution in [3.63, 3.8) is 0 Å². The number of rotatable bonds is 5. The maximum absolute atomic E-state index is 11.2. The summed E-state index contributed by atoms with van der Waals surface area (Å²) < 4.78 is 0. The van der Waals surface area contributed by atoms with Crippen LogP contribution in [0.3, 0.4) is 0 Å². The lowest BCUT2D eigenvalue weighted by Crippen LogP contribution is -2.33. The van der Waals surface area contributed by atoms with Crippen LogP contribution in [0.15, 0.2) is 18.2 Å². The van der Waals surface area contributed by atoms with Gasteiger partial charge in [-0.25, -0.2) is 0 Å². The van der Waals surface area contributed by atoms with Crippen LogP contribution in [0.4, 0.5) is 5.69 Å². The summed E-state index contributed by atoms with van der Waals surface area (Å²) in [5, 5.41) is 7.60. The third-order valence-corrected chi connectivity index (χ3v) is 4.28. The van der Waals surface area contributed by atoms with Crippen LogP contribution in [0.2, 0.25) is 5.02 Å². The normalized spacial score (nSPS) is 20.6. The van der Waals surface area contributed by atoms with E-state index >= 15 is 0 Å².